The highest BCUT2D eigenvalue weighted by atomic mass is 35.5. The molecule has 3 rings (SSSR count). The van der Waals surface area contributed by atoms with E-state index in [1.807, 2.05) is 43.9 Å². The van der Waals surface area contributed by atoms with Crippen molar-refractivity contribution in [1.82, 2.24) is 15.2 Å². The molecule has 0 spiro atoms. The Balaban J connectivity index is 1.79. The summed E-state index contributed by atoms with van der Waals surface area (Å²) >= 11 is 7.48. The Morgan fingerprint density at radius 3 is 2.32 bits per heavy atom. The largest absolute Gasteiger partial charge is 0.416 e. The number of amides is 1. The van der Waals surface area contributed by atoms with Crippen LogP contribution >= 0.6 is 22.9 Å². The fourth-order valence-electron chi connectivity index (χ4n) is 3.29. The van der Waals surface area contributed by atoms with E-state index in [1.165, 1.54) is 23.5 Å². The van der Waals surface area contributed by atoms with Crippen LogP contribution < -0.4 is 5.32 Å². The van der Waals surface area contributed by atoms with Crippen LogP contribution in [-0.4, -0.2) is 21.8 Å². The van der Waals surface area contributed by atoms with Crippen LogP contribution in [0.4, 0.5) is 13.2 Å². The number of benzene rings is 2. The number of carbonyl (C=O) groups is 1. The normalized spacial score (nSPS) is 12.9. The van der Waals surface area contributed by atoms with Gasteiger partial charge in [0.1, 0.15) is 10.7 Å². The highest BCUT2D eigenvalue weighted by molar-refractivity contribution is 7.09. The number of halogens is 4. The number of thiazole rings is 1. The summed E-state index contributed by atoms with van der Waals surface area (Å²) in [7, 11) is 0. The number of hydrogen-bond acceptors (Lipinski definition) is 4. The highest BCUT2D eigenvalue weighted by Crippen LogP contribution is 2.30. The van der Waals surface area contributed by atoms with Crippen molar-refractivity contribution in [2.75, 3.05) is 0 Å². The second-order valence-corrected chi connectivity index (χ2v) is 9.98. The standard InChI is InChI=1S/C25H27ClF3N3OS/c1-16(2)17(3)30-24(33)22-15-34-23(31-22)14-32(13-19-7-5-9-21(26)11-19)12-18-6-4-8-20(10-18)25(27,28)29/h4-11,15-17H,12-14H2,1-3H3,(H,30,33). The van der Waals surface area contributed by atoms with Crippen LogP contribution in [0.1, 0.15) is 53.0 Å². The number of carbonyl (C=O) groups excluding carboxylic acids is 1. The van der Waals surface area contributed by atoms with E-state index in [4.69, 9.17) is 11.6 Å². The van der Waals surface area contributed by atoms with Crippen molar-refractivity contribution in [2.45, 2.75) is 52.6 Å². The van der Waals surface area contributed by atoms with Crippen LogP contribution in [0.5, 0.6) is 0 Å². The first kappa shape index (κ1) is 26.2. The summed E-state index contributed by atoms with van der Waals surface area (Å²) in [6.07, 6.45) is -4.40. The zero-order valence-electron chi connectivity index (χ0n) is 19.2. The molecule has 1 unspecified atom stereocenters. The van der Waals surface area contributed by atoms with Gasteiger partial charge in [-0.1, -0.05) is 55.8 Å². The Morgan fingerprint density at radius 1 is 1.06 bits per heavy atom. The SMILES string of the molecule is CC(C)C(C)NC(=O)c1csc(CN(Cc2cccc(Cl)c2)Cc2cccc(C(F)(F)F)c2)n1. The van der Waals surface area contributed by atoms with E-state index >= 15 is 0 Å². The molecule has 34 heavy (non-hydrogen) atoms. The minimum Gasteiger partial charge on any atom is -0.348 e. The Morgan fingerprint density at radius 2 is 1.71 bits per heavy atom. The van der Waals surface area contributed by atoms with E-state index < -0.39 is 11.7 Å². The lowest BCUT2D eigenvalue weighted by Crippen LogP contribution is -2.36. The molecule has 4 nitrogen and oxygen atoms in total. The first-order valence-corrected chi connectivity index (χ1v) is 12.1. The summed E-state index contributed by atoms with van der Waals surface area (Å²) in [4.78, 5) is 19.0. The van der Waals surface area contributed by atoms with Gasteiger partial charge in [-0.05, 0) is 42.2 Å². The average Bonchev–Trinajstić information content (AvgIpc) is 3.22. The Labute approximate surface area is 206 Å². The van der Waals surface area contributed by atoms with E-state index in [2.05, 4.69) is 10.3 Å². The van der Waals surface area contributed by atoms with E-state index in [1.54, 1.807) is 17.5 Å². The summed E-state index contributed by atoms with van der Waals surface area (Å²) < 4.78 is 39.6. The molecule has 9 heteroatoms. The molecule has 1 aromatic heterocycles. The molecule has 182 valence electrons. The molecule has 0 saturated heterocycles. The van der Waals surface area contributed by atoms with Gasteiger partial charge in [0, 0.05) is 29.5 Å². The fourth-order valence-corrected chi connectivity index (χ4v) is 4.32. The maximum atomic E-state index is 13.2. The average molecular weight is 510 g/mol. The zero-order chi connectivity index (χ0) is 24.9. The molecule has 0 saturated carbocycles. The second kappa shape index (κ2) is 11.3. The van der Waals surface area contributed by atoms with Crippen LogP contribution in [0, 0.1) is 5.92 Å². The highest BCUT2D eigenvalue weighted by Gasteiger charge is 2.30. The number of aromatic nitrogens is 1. The molecule has 0 radical (unpaired) electrons. The topological polar surface area (TPSA) is 45.2 Å². The van der Waals surface area contributed by atoms with Crippen molar-refractivity contribution in [3.8, 4) is 0 Å². The van der Waals surface area contributed by atoms with Crippen molar-refractivity contribution in [2.24, 2.45) is 5.92 Å². The van der Waals surface area contributed by atoms with Crippen LogP contribution in [-0.2, 0) is 25.8 Å². The maximum Gasteiger partial charge on any atom is 0.416 e. The summed E-state index contributed by atoms with van der Waals surface area (Å²) in [6, 6.07) is 12.7. The Kier molecular flexibility index (Phi) is 8.73. The lowest BCUT2D eigenvalue weighted by molar-refractivity contribution is -0.137. The van der Waals surface area contributed by atoms with Gasteiger partial charge in [0.05, 0.1) is 12.1 Å². The molecular weight excluding hydrogens is 483 g/mol. The van der Waals surface area contributed by atoms with Gasteiger partial charge in [0.2, 0.25) is 0 Å². The summed E-state index contributed by atoms with van der Waals surface area (Å²) in [5, 5.41) is 5.94. The van der Waals surface area contributed by atoms with Gasteiger partial charge in [-0.25, -0.2) is 4.98 Å². The third-order valence-corrected chi connectivity index (χ3v) is 6.53. The maximum absolute atomic E-state index is 13.2. The number of alkyl halides is 3. The van der Waals surface area contributed by atoms with Crippen molar-refractivity contribution < 1.29 is 18.0 Å². The van der Waals surface area contributed by atoms with E-state index in [0.717, 1.165) is 11.6 Å². The molecule has 0 aliphatic heterocycles. The number of nitrogens with one attached hydrogen (secondary N) is 1. The van der Waals surface area contributed by atoms with Gasteiger partial charge in [-0.3, -0.25) is 9.69 Å². The smallest absolute Gasteiger partial charge is 0.348 e. The van der Waals surface area contributed by atoms with Gasteiger partial charge < -0.3 is 5.32 Å². The Hall–Kier alpha value is -2.42. The third-order valence-electron chi connectivity index (χ3n) is 5.46. The van der Waals surface area contributed by atoms with Gasteiger partial charge in [-0.2, -0.15) is 13.2 Å². The van der Waals surface area contributed by atoms with Gasteiger partial charge in [0.15, 0.2) is 0 Å². The monoisotopic (exact) mass is 509 g/mol. The van der Waals surface area contributed by atoms with Gasteiger partial charge in [0.25, 0.3) is 5.91 Å². The number of nitrogens with zero attached hydrogens (tertiary/aromatic N) is 2. The second-order valence-electron chi connectivity index (χ2n) is 8.61. The summed E-state index contributed by atoms with van der Waals surface area (Å²) in [5.41, 5.74) is 1.13. The molecule has 0 aliphatic rings. The van der Waals surface area contributed by atoms with Crippen LogP contribution in [0.15, 0.2) is 53.9 Å². The van der Waals surface area contributed by atoms with Crippen molar-refractivity contribution in [3.63, 3.8) is 0 Å². The van der Waals surface area contributed by atoms with Crippen LogP contribution in [0.3, 0.4) is 0 Å². The molecule has 3 aromatic rings. The summed E-state index contributed by atoms with van der Waals surface area (Å²) in [5.74, 6) is 0.0608. The molecule has 1 atom stereocenters. The van der Waals surface area contributed by atoms with Gasteiger partial charge >= 0.3 is 6.18 Å². The van der Waals surface area contributed by atoms with E-state index in [-0.39, 0.29) is 18.5 Å². The minimum absolute atomic E-state index is 0.0119. The molecule has 1 heterocycles. The van der Waals surface area contributed by atoms with Crippen LogP contribution in [0.25, 0.3) is 0 Å². The summed E-state index contributed by atoms with van der Waals surface area (Å²) in [6.45, 7) is 7.11. The fraction of sp³-hybridized carbons (Fsp3) is 0.360. The van der Waals surface area contributed by atoms with Crippen molar-refractivity contribution in [3.05, 3.63) is 86.3 Å². The number of rotatable bonds is 9. The quantitative estimate of drug-likeness (QED) is 0.345. The first-order chi connectivity index (χ1) is 16.0. The molecule has 2 aromatic carbocycles. The zero-order valence-corrected chi connectivity index (χ0v) is 20.8. The molecule has 0 bridgehead atoms. The molecule has 1 N–H and O–H groups in total. The predicted octanol–water partition coefficient (Wildman–Crippen LogP) is 6.79. The predicted molar refractivity (Wildman–Crippen MR) is 130 cm³/mol. The minimum atomic E-state index is -4.40. The molecule has 1 amide bonds. The van der Waals surface area contributed by atoms with Gasteiger partial charge in [-0.15, -0.1) is 11.3 Å². The lowest BCUT2D eigenvalue weighted by Gasteiger charge is -2.22. The third kappa shape index (κ3) is 7.55. The van der Waals surface area contributed by atoms with Crippen molar-refractivity contribution in [1.29, 1.82) is 0 Å². The molecule has 0 fully saturated rings. The first-order valence-electron chi connectivity index (χ1n) is 10.9. The Bertz CT molecular complexity index is 1120. The van der Waals surface area contributed by atoms with E-state index in [9.17, 15) is 18.0 Å². The van der Waals surface area contributed by atoms with Crippen molar-refractivity contribution >= 4 is 28.8 Å². The molecular formula is C25H27ClF3N3OS. The molecule has 0 aliphatic carbocycles. The van der Waals surface area contributed by atoms with Crippen LogP contribution in [0.2, 0.25) is 5.02 Å². The number of hydrogen-bond donors (Lipinski definition) is 1. The van der Waals surface area contributed by atoms with E-state index in [0.29, 0.717) is 40.3 Å². The lowest BCUT2D eigenvalue weighted by atomic mass is 10.1.